The van der Waals surface area contributed by atoms with Crippen molar-refractivity contribution >= 4 is 51.3 Å². The summed E-state index contributed by atoms with van der Waals surface area (Å²) >= 11 is 2.36. The molecule has 0 radical (unpaired) electrons. The Labute approximate surface area is 162 Å². The molecule has 7 nitrogen and oxygen atoms in total. The lowest BCUT2D eigenvalue weighted by atomic mass is 10.1. The SMILES string of the molecule is CC(=O)n1cc(/C=C2\SC(=N)N(c3nccs3)C2=O)c(-c2ccccc2)n1. The first-order chi connectivity index (χ1) is 13.0. The lowest BCUT2D eigenvalue weighted by Crippen LogP contribution is -2.27. The van der Waals surface area contributed by atoms with Crippen molar-refractivity contribution < 1.29 is 9.59 Å². The summed E-state index contributed by atoms with van der Waals surface area (Å²) < 4.78 is 1.25. The number of nitrogens with one attached hydrogen (secondary N) is 1. The van der Waals surface area contributed by atoms with E-state index in [1.54, 1.807) is 23.8 Å². The molecule has 0 atom stereocenters. The van der Waals surface area contributed by atoms with Gasteiger partial charge in [0.15, 0.2) is 10.3 Å². The van der Waals surface area contributed by atoms with Crippen LogP contribution in [0.4, 0.5) is 5.13 Å². The lowest BCUT2D eigenvalue weighted by Gasteiger charge is -2.08. The van der Waals surface area contributed by atoms with Gasteiger partial charge < -0.3 is 0 Å². The number of carbonyl (C=O) groups is 2. The molecule has 0 bridgehead atoms. The van der Waals surface area contributed by atoms with Crippen molar-refractivity contribution in [2.45, 2.75) is 6.92 Å². The molecule has 2 aromatic heterocycles. The van der Waals surface area contributed by atoms with E-state index in [2.05, 4.69) is 10.1 Å². The van der Waals surface area contributed by atoms with Crippen LogP contribution in [0.5, 0.6) is 0 Å². The molecule has 3 aromatic rings. The van der Waals surface area contributed by atoms with Crippen LogP contribution in [0.3, 0.4) is 0 Å². The number of thioether (sulfide) groups is 1. The minimum atomic E-state index is -0.311. The first-order valence-corrected chi connectivity index (χ1v) is 9.62. The molecule has 1 amide bonds. The molecule has 1 N–H and O–H groups in total. The summed E-state index contributed by atoms with van der Waals surface area (Å²) in [6, 6.07) is 9.45. The zero-order valence-corrected chi connectivity index (χ0v) is 15.8. The summed E-state index contributed by atoms with van der Waals surface area (Å²) in [5, 5.41) is 14.8. The highest BCUT2D eigenvalue weighted by molar-refractivity contribution is 8.19. The lowest BCUT2D eigenvalue weighted by molar-refractivity contribution is -0.113. The van der Waals surface area contributed by atoms with Gasteiger partial charge in [-0.1, -0.05) is 30.3 Å². The van der Waals surface area contributed by atoms with Crippen LogP contribution >= 0.6 is 23.1 Å². The van der Waals surface area contributed by atoms with E-state index < -0.39 is 0 Å². The fraction of sp³-hybridized carbons (Fsp3) is 0.0556. The summed E-state index contributed by atoms with van der Waals surface area (Å²) in [5.74, 6) is -0.533. The summed E-state index contributed by atoms with van der Waals surface area (Å²) in [4.78, 5) is 30.3. The number of hydrogen-bond donors (Lipinski definition) is 1. The summed E-state index contributed by atoms with van der Waals surface area (Å²) in [6.45, 7) is 1.42. The second kappa shape index (κ2) is 6.93. The smallest absolute Gasteiger partial charge is 0.273 e. The van der Waals surface area contributed by atoms with Gasteiger partial charge in [0.25, 0.3) is 5.91 Å². The number of benzene rings is 1. The Morgan fingerprint density at radius 2 is 2.04 bits per heavy atom. The van der Waals surface area contributed by atoms with E-state index in [1.165, 1.54) is 27.8 Å². The summed E-state index contributed by atoms with van der Waals surface area (Å²) in [7, 11) is 0. The minimum Gasteiger partial charge on any atom is -0.278 e. The molecule has 4 rings (SSSR count). The van der Waals surface area contributed by atoms with Gasteiger partial charge in [0.1, 0.15) is 5.69 Å². The second-order valence-electron chi connectivity index (χ2n) is 5.63. The standard InChI is InChI=1S/C18H13N5O2S2/c1-11(24)22-10-13(15(21-22)12-5-3-2-4-6-12)9-14-16(25)23(17(19)27-14)18-20-7-8-26-18/h2-10,19H,1H3/b14-9-,19-17?. The van der Waals surface area contributed by atoms with Crippen molar-refractivity contribution in [3.8, 4) is 11.3 Å². The number of amides is 1. The van der Waals surface area contributed by atoms with E-state index in [1.807, 2.05) is 30.3 Å². The van der Waals surface area contributed by atoms with Crippen LogP contribution < -0.4 is 4.90 Å². The average Bonchev–Trinajstić information content (AvgIpc) is 3.37. The second-order valence-corrected chi connectivity index (χ2v) is 7.54. The first kappa shape index (κ1) is 17.4. The molecule has 134 valence electrons. The van der Waals surface area contributed by atoms with E-state index in [4.69, 9.17) is 5.41 Å². The molecule has 0 aliphatic carbocycles. The van der Waals surface area contributed by atoms with Gasteiger partial charge in [0, 0.05) is 35.8 Å². The number of amidine groups is 1. The fourth-order valence-electron chi connectivity index (χ4n) is 2.60. The van der Waals surface area contributed by atoms with Crippen LogP contribution in [-0.2, 0) is 4.79 Å². The van der Waals surface area contributed by atoms with Crippen molar-refractivity contribution in [2.24, 2.45) is 0 Å². The third-order valence-electron chi connectivity index (χ3n) is 3.83. The van der Waals surface area contributed by atoms with Crippen LogP contribution in [0.2, 0.25) is 0 Å². The molecule has 0 spiro atoms. The predicted molar refractivity (Wildman–Crippen MR) is 107 cm³/mol. The van der Waals surface area contributed by atoms with Crippen molar-refractivity contribution in [2.75, 3.05) is 4.90 Å². The molecular weight excluding hydrogens is 382 g/mol. The van der Waals surface area contributed by atoms with Crippen LogP contribution in [-0.4, -0.2) is 31.7 Å². The molecule has 0 saturated carbocycles. The van der Waals surface area contributed by atoms with E-state index in [0.717, 1.165) is 17.3 Å². The molecule has 1 fully saturated rings. The maximum absolute atomic E-state index is 12.8. The number of aromatic nitrogens is 3. The molecule has 3 heterocycles. The quantitative estimate of drug-likeness (QED) is 0.683. The number of carbonyl (C=O) groups excluding carboxylic acids is 2. The van der Waals surface area contributed by atoms with E-state index >= 15 is 0 Å². The number of nitrogens with zero attached hydrogens (tertiary/aromatic N) is 4. The van der Waals surface area contributed by atoms with Crippen molar-refractivity contribution in [3.05, 3.63) is 58.6 Å². The average molecular weight is 395 g/mol. The highest BCUT2D eigenvalue weighted by Crippen LogP contribution is 2.37. The van der Waals surface area contributed by atoms with Gasteiger partial charge in [-0.2, -0.15) is 5.10 Å². The third-order valence-corrected chi connectivity index (χ3v) is 5.48. The van der Waals surface area contributed by atoms with E-state index in [9.17, 15) is 9.59 Å². The Hall–Kier alpha value is -3.04. The Morgan fingerprint density at radius 1 is 1.26 bits per heavy atom. The van der Waals surface area contributed by atoms with Crippen molar-refractivity contribution in [1.29, 1.82) is 5.41 Å². The number of anilines is 1. The molecule has 9 heteroatoms. The highest BCUT2D eigenvalue weighted by atomic mass is 32.2. The van der Waals surface area contributed by atoms with Crippen LogP contribution in [0.1, 0.15) is 17.3 Å². The monoisotopic (exact) mass is 395 g/mol. The zero-order chi connectivity index (χ0) is 19.0. The summed E-state index contributed by atoms with van der Waals surface area (Å²) in [5.41, 5.74) is 2.08. The maximum atomic E-state index is 12.8. The third kappa shape index (κ3) is 3.22. The normalized spacial score (nSPS) is 15.7. The van der Waals surface area contributed by atoms with Crippen molar-refractivity contribution in [1.82, 2.24) is 14.8 Å². The number of thiazole rings is 1. The molecule has 1 saturated heterocycles. The van der Waals surface area contributed by atoms with Gasteiger partial charge in [-0.15, -0.1) is 11.3 Å². The molecule has 0 unspecified atom stereocenters. The van der Waals surface area contributed by atoms with Crippen LogP contribution in [0.15, 0.2) is 53.0 Å². The molecule has 1 aliphatic heterocycles. The molecule has 1 aliphatic rings. The highest BCUT2D eigenvalue weighted by Gasteiger charge is 2.35. The Kier molecular flexibility index (Phi) is 4.46. The summed E-state index contributed by atoms with van der Waals surface area (Å²) in [6.07, 6.45) is 4.86. The van der Waals surface area contributed by atoms with Crippen LogP contribution in [0.25, 0.3) is 17.3 Å². The van der Waals surface area contributed by atoms with Gasteiger partial charge >= 0.3 is 0 Å². The predicted octanol–water partition coefficient (Wildman–Crippen LogP) is 3.72. The van der Waals surface area contributed by atoms with E-state index in [-0.39, 0.29) is 17.0 Å². The van der Waals surface area contributed by atoms with E-state index in [0.29, 0.717) is 21.3 Å². The fourth-order valence-corrected chi connectivity index (χ4v) is 4.14. The molecule has 27 heavy (non-hydrogen) atoms. The largest absolute Gasteiger partial charge is 0.278 e. The molecular formula is C18H13N5O2S2. The molecule has 1 aromatic carbocycles. The number of rotatable bonds is 3. The minimum absolute atomic E-state index is 0.0985. The van der Waals surface area contributed by atoms with Gasteiger partial charge in [-0.05, 0) is 17.8 Å². The van der Waals surface area contributed by atoms with Gasteiger partial charge in [0.2, 0.25) is 5.91 Å². The van der Waals surface area contributed by atoms with Crippen LogP contribution in [0, 0.1) is 5.41 Å². The van der Waals surface area contributed by atoms with Gasteiger partial charge in [-0.3, -0.25) is 15.0 Å². The van der Waals surface area contributed by atoms with Crippen molar-refractivity contribution in [3.63, 3.8) is 0 Å². The number of hydrogen-bond acceptors (Lipinski definition) is 7. The van der Waals surface area contributed by atoms with Gasteiger partial charge in [0.05, 0.1) is 4.91 Å². The Bertz CT molecular complexity index is 1070. The topological polar surface area (TPSA) is 91.9 Å². The zero-order valence-electron chi connectivity index (χ0n) is 14.1. The first-order valence-electron chi connectivity index (χ1n) is 7.92. The Balaban J connectivity index is 1.77. The maximum Gasteiger partial charge on any atom is 0.273 e. The Morgan fingerprint density at radius 3 is 2.70 bits per heavy atom. The van der Waals surface area contributed by atoms with Gasteiger partial charge in [-0.25, -0.2) is 14.6 Å².